The lowest BCUT2D eigenvalue weighted by Gasteiger charge is -2.05. The van der Waals surface area contributed by atoms with Gasteiger partial charge in [-0.2, -0.15) is 0 Å². The van der Waals surface area contributed by atoms with Crippen LogP contribution < -0.4 is 11.1 Å². The molecule has 1 heterocycles. The first-order valence-electron chi connectivity index (χ1n) is 5.60. The quantitative estimate of drug-likeness (QED) is 0.848. The van der Waals surface area contributed by atoms with E-state index in [2.05, 4.69) is 5.32 Å². The van der Waals surface area contributed by atoms with Crippen molar-refractivity contribution >= 4 is 16.9 Å². The zero-order valence-electron chi connectivity index (χ0n) is 9.99. The van der Waals surface area contributed by atoms with Crippen molar-refractivity contribution in [3.8, 4) is 0 Å². The van der Waals surface area contributed by atoms with Crippen LogP contribution in [0.2, 0.25) is 0 Å². The van der Waals surface area contributed by atoms with E-state index in [-0.39, 0.29) is 11.9 Å². The Balaban J connectivity index is 2.21. The van der Waals surface area contributed by atoms with Gasteiger partial charge in [0.2, 0.25) is 0 Å². The van der Waals surface area contributed by atoms with Crippen molar-refractivity contribution in [2.24, 2.45) is 5.73 Å². The number of fused-ring (bicyclic) bond motifs is 1. The molecule has 4 nitrogen and oxygen atoms in total. The molecule has 1 atom stereocenters. The summed E-state index contributed by atoms with van der Waals surface area (Å²) in [5.74, 6) is 0.0994. The Hall–Kier alpha value is -1.81. The van der Waals surface area contributed by atoms with Gasteiger partial charge >= 0.3 is 0 Å². The van der Waals surface area contributed by atoms with Crippen molar-refractivity contribution < 1.29 is 9.21 Å². The summed E-state index contributed by atoms with van der Waals surface area (Å²) in [5.41, 5.74) is 7.43. The van der Waals surface area contributed by atoms with Gasteiger partial charge < -0.3 is 15.5 Å². The largest absolute Gasteiger partial charge is 0.451 e. The molecule has 0 aliphatic heterocycles. The average Bonchev–Trinajstić information content (AvgIpc) is 2.68. The number of nitrogens with one attached hydrogen (secondary N) is 1. The molecule has 1 amide bonds. The van der Waals surface area contributed by atoms with Gasteiger partial charge in [0.05, 0.1) is 0 Å². The molecule has 0 aliphatic carbocycles. The SMILES string of the molecule is Cc1ccc2oc(C(=O)NCC(C)N)cc2c1. The van der Waals surface area contributed by atoms with Gasteiger partial charge in [0, 0.05) is 18.0 Å². The third kappa shape index (κ3) is 2.65. The van der Waals surface area contributed by atoms with Crippen LogP contribution in [0.4, 0.5) is 0 Å². The summed E-state index contributed by atoms with van der Waals surface area (Å²) in [4.78, 5) is 11.7. The zero-order chi connectivity index (χ0) is 12.4. The van der Waals surface area contributed by atoms with Crippen molar-refractivity contribution in [3.05, 3.63) is 35.6 Å². The second-order valence-corrected chi connectivity index (χ2v) is 4.34. The van der Waals surface area contributed by atoms with Crippen molar-refractivity contribution in [2.45, 2.75) is 19.9 Å². The molecular formula is C13H16N2O2. The summed E-state index contributed by atoms with van der Waals surface area (Å²) in [6, 6.07) is 7.49. The number of amides is 1. The number of aryl methyl sites for hydroxylation is 1. The monoisotopic (exact) mass is 232 g/mol. The van der Waals surface area contributed by atoms with Gasteiger partial charge in [-0.05, 0) is 32.0 Å². The first-order chi connectivity index (χ1) is 8.06. The van der Waals surface area contributed by atoms with E-state index >= 15 is 0 Å². The Morgan fingerprint density at radius 2 is 2.24 bits per heavy atom. The lowest BCUT2D eigenvalue weighted by atomic mass is 10.2. The normalized spacial score (nSPS) is 12.6. The second kappa shape index (κ2) is 4.59. The fourth-order valence-corrected chi connectivity index (χ4v) is 1.62. The van der Waals surface area contributed by atoms with Gasteiger partial charge in [-0.1, -0.05) is 11.6 Å². The highest BCUT2D eigenvalue weighted by atomic mass is 16.3. The molecule has 1 aromatic carbocycles. The van der Waals surface area contributed by atoms with E-state index in [1.807, 2.05) is 32.0 Å². The molecule has 0 fully saturated rings. The highest BCUT2D eigenvalue weighted by Crippen LogP contribution is 2.20. The lowest BCUT2D eigenvalue weighted by molar-refractivity contribution is 0.0926. The maximum absolute atomic E-state index is 11.7. The van der Waals surface area contributed by atoms with Crippen LogP contribution in [0, 0.1) is 6.92 Å². The Morgan fingerprint density at radius 3 is 2.94 bits per heavy atom. The summed E-state index contributed by atoms with van der Waals surface area (Å²) < 4.78 is 5.46. The number of rotatable bonds is 3. The molecular weight excluding hydrogens is 216 g/mol. The van der Waals surface area contributed by atoms with Crippen LogP contribution in [-0.4, -0.2) is 18.5 Å². The number of nitrogens with two attached hydrogens (primary N) is 1. The molecule has 90 valence electrons. The summed E-state index contributed by atoms with van der Waals surface area (Å²) in [6.07, 6.45) is 0. The molecule has 0 radical (unpaired) electrons. The van der Waals surface area contributed by atoms with E-state index in [1.54, 1.807) is 6.07 Å². The topological polar surface area (TPSA) is 68.3 Å². The molecule has 2 aromatic rings. The van der Waals surface area contributed by atoms with Crippen LogP contribution in [0.15, 0.2) is 28.7 Å². The maximum atomic E-state index is 11.7. The maximum Gasteiger partial charge on any atom is 0.287 e. The molecule has 0 bridgehead atoms. The number of carbonyl (C=O) groups is 1. The fraction of sp³-hybridized carbons (Fsp3) is 0.308. The molecule has 0 saturated heterocycles. The third-order valence-electron chi connectivity index (χ3n) is 2.48. The van der Waals surface area contributed by atoms with Crippen LogP contribution >= 0.6 is 0 Å². The van der Waals surface area contributed by atoms with Crippen LogP contribution in [-0.2, 0) is 0 Å². The van der Waals surface area contributed by atoms with E-state index < -0.39 is 0 Å². The van der Waals surface area contributed by atoms with Gasteiger partial charge in [0.15, 0.2) is 5.76 Å². The Bertz CT molecular complexity index is 543. The van der Waals surface area contributed by atoms with E-state index in [9.17, 15) is 4.79 Å². The minimum atomic E-state index is -0.226. The Labute approximate surface area is 99.8 Å². The summed E-state index contributed by atoms with van der Waals surface area (Å²) >= 11 is 0. The van der Waals surface area contributed by atoms with Crippen LogP contribution in [0.1, 0.15) is 23.0 Å². The predicted octanol–water partition coefficient (Wildman–Crippen LogP) is 1.82. The lowest BCUT2D eigenvalue weighted by Crippen LogP contribution is -2.34. The minimum Gasteiger partial charge on any atom is -0.451 e. The number of hydrogen-bond acceptors (Lipinski definition) is 3. The molecule has 1 unspecified atom stereocenters. The molecule has 0 aliphatic rings. The highest BCUT2D eigenvalue weighted by Gasteiger charge is 2.12. The first-order valence-corrected chi connectivity index (χ1v) is 5.60. The number of furan rings is 1. The molecule has 4 heteroatoms. The van der Waals surface area contributed by atoms with Crippen molar-refractivity contribution in [3.63, 3.8) is 0 Å². The van der Waals surface area contributed by atoms with Crippen LogP contribution in [0.3, 0.4) is 0 Å². The molecule has 1 aromatic heterocycles. The van der Waals surface area contributed by atoms with Crippen LogP contribution in [0.25, 0.3) is 11.0 Å². The summed E-state index contributed by atoms with van der Waals surface area (Å²) in [6.45, 7) is 4.28. The van der Waals surface area contributed by atoms with Gasteiger partial charge in [-0.25, -0.2) is 0 Å². The van der Waals surface area contributed by atoms with Gasteiger partial charge in [0.1, 0.15) is 5.58 Å². The first kappa shape index (κ1) is 11.7. The van der Waals surface area contributed by atoms with E-state index in [4.69, 9.17) is 10.2 Å². The molecule has 17 heavy (non-hydrogen) atoms. The average molecular weight is 232 g/mol. The molecule has 0 saturated carbocycles. The summed E-state index contributed by atoms with van der Waals surface area (Å²) in [7, 11) is 0. The second-order valence-electron chi connectivity index (χ2n) is 4.34. The van der Waals surface area contributed by atoms with Gasteiger partial charge in [0.25, 0.3) is 5.91 Å². The van der Waals surface area contributed by atoms with E-state index in [0.717, 1.165) is 16.5 Å². The predicted molar refractivity (Wildman–Crippen MR) is 66.9 cm³/mol. The van der Waals surface area contributed by atoms with Gasteiger partial charge in [-0.15, -0.1) is 0 Å². The van der Waals surface area contributed by atoms with Crippen molar-refractivity contribution in [1.29, 1.82) is 0 Å². The molecule has 2 rings (SSSR count). The highest BCUT2D eigenvalue weighted by molar-refractivity contribution is 5.96. The molecule has 3 N–H and O–H groups in total. The number of hydrogen-bond donors (Lipinski definition) is 2. The fourth-order valence-electron chi connectivity index (χ4n) is 1.62. The standard InChI is InChI=1S/C13H16N2O2/c1-8-3-4-11-10(5-8)6-12(17-11)13(16)15-7-9(2)14/h3-6,9H,7,14H2,1-2H3,(H,15,16). The number of carbonyl (C=O) groups excluding carboxylic acids is 1. The number of benzene rings is 1. The van der Waals surface area contributed by atoms with E-state index in [1.165, 1.54) is 0 Å². The minimum absolute atomic E-state index is 0.0643. The van der Waals surface area contributed by atoms with Gasteiger partial charge in [-0.3, -0.25) is 4.79 Å². The summed E-state index contributed by atoms with van der Waals surface area (Å²) in [5, 5.41) is 3.66. The smallest absolute Gasteiger partial charge is 0.287 e. The third-order valence-corrected chi connectivity index (χ3v) is 2.48. The zero-order valence-corrected chi connectivity index (χ0v) is 9.99. The van der Waals surface area contributed by atoms with Crippen LogP contribution in [0.5, 0.6) is 0 Å². The van der Waals surface area contributed by atoms with Crippen molar-refractivity contribution in [1.82, 2.24) is 5.32 Å². The van der Waals surface area contributed by atoms with E-state index in [0.29, 0.717) is 12.3 Å². The Kier molecular flexibility index (Phi) is 3.15. The Morgan fingerprint density at radius 1 is 1.47 bits per heavy atom. The van der Waals surface area contributed by atoms with Crippen molar-refractivity contribution in [2.75, 3.05) is 6.54 Å². The molecule has 0 spiro atoms.